The summed E-state index contributed by atoms with van der Waals surface area (Å²) in [5.41, 5.74) is 2.09. The van der Waals surface area contributed by atoms with Crippen molar-refractivity contribution in [3.8, 4) is 5.88 Å². The normalized spacial score (nSPS) is 12.2. The van der Waals surface area contributed by atoms with Crippen LogP contribution in [0.15, 0.2) is 41.1 Å². The van der Waals surface area contributed by atoms with Crippen molar-refractivity contribution >= 4 is 15.9 Å². The fraction of sp³-hybridized carbons (Fsp3) is 0.333. The number of hydrogen-bond acceptors (Lipinski definition) is 4. The summed E-state index contributed by atoms with van der Waals surface area (Å²) in [5.74, 6) is 0.579. The molecule has 1 aromatic carbocycles. The van der Waals surface area contributed by atoms with Gasteiger partial charge in [-0.05, 0) is 30.7 Å². The van der Waals surface area contributed by atoms with Gasteiger partial charge in [0.1, 0.15) is 5.69 Å². The Labute approximate surface area is 127 Å². The lowest BCUT2D eigenvalue weighted by Gasteiger charge is -2.19. The summed E-state index contributed by atoms with van der Waals surface area (Å²) in [6.07, 6.45) is 4.19. The van der Waals surface area contributed by atoms with Crippen molar-refractivity contribution in [1.29, 1.82) is 0 Å². The van der Waals surface area contributed by atoms with Gasteiger partial charge in [0.25, 0.3) is 0 Å². The topological polar surface area (TPSA) is 47.0 Å². The highest BCUT2D eigenvalue weighted by Gasteiger charge is 2.18. The number of rotatable bonds is 6. The minimum absolute atomic E-state index is 0.0878. The molecule has 4 nitrogen and oxygen atoms in total. The summed E-state index contributed by atoms with van der Waals surface area (Å²) in [6, 6.07) is 8.40. The molecule has 0 aliphatic rings. The van der Waals surface area contributed by atoms with E-state index in [4.69, 9.17) is 4.74 Å². The first-order valence-corrected chi connectivity index (χ1v) is 7.36. The quantitative estimate of drug-likeness (QED) is 0.880. The number of likely N-dealkylation sites (N-methyl/N-ethyl adjacent to an activating group) is 1. The van der Waals surface area contributed by atoms with E-state index in [9.17, 15) is 0 Å². The number of nitrogens with zero attached hydrogens (tertiary/aromatic N) is 2. The van der Waals surface area contributed by atoms with Gasteiger partial charge in [-0.2, -0.15) is 0 Å². The molecule has 1 heterocycles. The number of ether oxygens (including phenoxy) is 1. The Balaban J connectivity index is 2.24. The third-order valence-electron chi connectivity index (χ3n) is 3.02. The first kappa shape index (κ1) is 14.9. The fourth-order valence-corrected chi connectivity index (χ4v) is 2.36. The van der Waals surface area contributed by atoms with Gasteiger partial charge in [0.05, 0.1) is 13.2 Å². The van der Waals surface area contributed by atoms with Gasteiger partial charge in [-0.15, -0.1) is 0 Å². The molecule has 2 aromatic rings. The van der Waals surface area contributed by atoms with Crippen LogP contribution in [0.2, 0.25) is 0 Å². The van der Waals surface area contributed by atoms with Crippen LogP contribution >= 0.6 is 15.9 Å². The van der Waals surface area contributed by atoms with Crippen LogP contribution in [0, 0.1) is 0 Å². The van der Waals surface area contributed by atoms with Gasteiger partial charge >= 0.3 is 0 Å². The first-order valence-electron chi connectivity index (χ1n) is 6.57. The number of nitrogens with one attached hydrogen (secondary N) is 1. The molecular formula is C15H18BrN3O. The lowest BCUT2D eigenvalue weighted by molar-refractivity contribution is 0.377. The second-order valence-corrected chi connectivity index (χ2v) is 5.31. The molecule has 0 radical (unpaired) electrons. The zero-order valence-corrected chi connectivity index (χ0v) is 13.2. The van der Waals surface area contributed by atoms with Crippen LogP contribution in [-0.2, 0) is 6.42 Å². The minimum Gasteiger partial charge on any atom is -0.480 e. The van der Waals surface area contributed by atoms with Crippen LogP contribution in [0.4, 0.5) is 0 Å². The molecule has 0 fully saturated rings. The predicted octanol–water partition coefficient (Wildman–Crippen LogP) is 3.14. The molecule has 2 rings (SSSR count). The van der Waals surface area contributed by atoms with Crippen molar-refractivity contribution < 1.29 is 4.74 Å². The third kappa shape index (κ3) is 3.77. The molecule has 0 aliphatic heterocycles. The number of aromatic nitrogens is 2. The molecule has 5 heteroatoms. The molecule has 1 aromatic heterocycles. The summed E-state index contributed by atoms with van der Waals surface area (Å²) in [5, 5.41) is 3.44. The third-order valence-corrected chi connectivity index (χ3v) is 3.55. The molecule has 0 bridgehead atoms. The van der Waals surface area contributed by atoms with Gasteiger partial charge in [-0.25, -0.2) is 4.98 Å². The van der Waals surface area contributed by atoms with E-state index < -0.39 is 0 Å². The van der Waals surface area contributed by atoms with Crippen molar-refractivity contribution in [1.82, 2.24) is 15.3 Å². The van der Waals surface area contributed by atoms with Crippen LogP contribution < -0.4 is 10.1 Å². The molecular weight excluding hydrogens is 318 g/mol. The van der Waals surface area contributed by atoms with Gasteiger partial charge < -0.3 is 10.1 Å². The van der Waals surface area contributed by atoms with E-state index in [1.807, 2.05) is 12.1 Å². The zero-order valence-electron chi connectivity index (χ0n) is 11.6. The van der Waals surface area contributed by atoms with Crippen LogP contribution in [0.25, 0.3) is 0 Å². The Bertz CT molecular complexity index is 545. The van der Waals surface area contributed by atoms with Crippen LogP contribution in [0.3, 0.4) is 0 Å². The molecule has 20 heavy (non-hydrogen) atoms. The predicted molar refractivity (Wildman–Crippen MR) is 82.8 cm³/mol. The van der Waals surface area contributed by atoms with E-state index in [1.165, 1.54) is 5.56 Å². The SMILES string of the molecule is CCNC(Cc1ccc(Br)cc1)c1nccnc1OC. The fourth-order valence-electron chi connectivity index (χ4n) is 2.10. The molecule has 1 atom stereocenters. The van der Waals surface area contributed by atoms with Gasteiger partial charge in [-0.1, -0.05) is 35.0 Å². The number of halogens is 1. The first-order chi connectivity index (χ1) is 9.74. The maximum absolute atomic E-state index is 5.31. The monoisotopic (exact) mass is 335 g/mol. The molecule has 1 N–H and O–H groups in total. The summed E-state index contributed by atoms with van der Waals surface area (Å²) >= 11 is 3.45. The van der Waals surface area contributed by atoms with Gasteiger partial charge in [0, 0.05) is 16.9 Å². The average Bonchev–Trinajstić information content (AvgIpc) is 2.49. The van der Waals surface area contributed by atoms with Crippen molar-refractivity contribution in [2.75, 3.05) is 13.7 Å². The Kier molecular flexibility index (Phi) is 5.49. The standard InChI is InChI=1S/C15H18BrN3O/c1-3-17-13(10-11-4-6-12(16)7-5-11)14-15(20-2)19-9-8-18-14/h4-9,13,17H,3,10H2,1-2H3. The number of hydrogen-bond donors (Lipinski definition) is 1. The summed E-state index contributed by atoms with van der Waals surface area (Å²) in [6.45, 7) is 2.94. The molecule has 0 saturated heterocycles. The second-order valence-electron chi connectivity index (χ2n) is 4.39. The molecule has 0 saturated carbocycles. The second kappa shape index (κ2) is 7.36. The van der Waals surface area contributed by atoms with E-state index >= 15 is 0 Å². The van der Waals surface area contributed by atoms with Gasteiger partial charge in [0.2, 0.25) is 5.88 Å². The smallest absolute Gasteiger partial charge is 0.237 e. The maximum Gasteiger partial charge on any atom is 0.237 e. The molecule has 0 spiro atoms. The zero-order chi connectivity index (χ0) is 14.4. The van der Waals surface area contributed by atoms with Crippen molar-refractivity contribution in [3.63, 3.8) is 0 Å². The maximum atomic E-state index is 5.31. The molecule has 0 aliphatic carbocycles. The van der Waals surface area contributed by atoms with Crippen molar-refractivity contribution in [2.24, 2.45) is 0 Å². The van der Waals surface area contributed by atoms with E-state index in [-0.39, 0.29) is 6.04 Å². The highest BCUT2D eigenvalue weighted by molar-refractivity contribution is 9.10. The number of benzene rings is 1. The Hall–Kier alpha value is -1.46. The van der Waals surface area contributed by atoms with E-state index in [0.29, 0.717) is 5.88 Å². The van der Waals surface area contributed by atoms with Crippen LogP contribution in [0.5, 0.6) is 5.88 Å². The lowest BCUT2D eigenvalue weighted by atomic mass is 10.0. The summed E-state index contributed by atoms with van der Waals surface area (Å²) < 4.78 is 6.39. The van der Waals surface area contributed by atoms with Gasteiger partial charge in [0.15, 0.2) is 0 Å². The van der Waals surface area contributed by atoms with Crippen LogP contribution in [-0.4, -0.2) is 23.6 Å². The van der Waals surface area contributed by atoms with Gasteiger partial charge in [-0.3, -0.25) is 4.98 Å². The summed E-state index contributed by atoms with van der Waals surface area (Å²) in [4.78, 5) is 8.65. The molecule has 106 valence electrons. The largest absolute Gasteiger partial charge is 0.480 e. The molecule has 1 unspecified atom stereocenters. The average molecular weight is 336 g/mol. The Morgan fingerprint density at radius 1 is 1.20 bits per heavy atom. The lowest BCUT2D eigenvalue weighted by Crippen LogP contribution is -2.24. The van der Waals surface area contributed by atoms with E-state index in [0.717, 1.165) is 23.1 Å². The summed E-state index contributed by atoms with van der Waals surface area (Å²) in [7, 11) is 1.62. The Morgan fingerprint density at radius 2 is 1.90 bits per heavy atom. The van der Waals surface area contributed by atoms with Crippen molar-refractivity contribution in [3.05, 3.63) is 52.4 Å². The van der Waals surface area contributed by atoms with E-state index in [2.05, 4.69) is 50.3 Å². The Morgan fingerprint density at radius 3 is 2.55 bits per heavy atom. The highest BCUT2D eigenvalue weighted by Crippen LogP contribution is 2.24. The minimum atomic E-state index is 0.0878. The van der Waals surface area contributed by atoms with Crippen LogP contribution in [0.1, 0.15) is 24.2 Å². The van der Waals surface area contributed by atoms with Crippen molar-refractivity contribution in [2.45, 2.75) is 19.4 Å². The number of methoxy groups -OCH3 is 1. The van der Waals surface area contributed by atoms with E-state index in [1.54, 1.807) is 19.5 Å². The highest BCUT2D eigenvalue weighted by atomic mass is 79.9. The molecule has 0 amide bonds.